The Morgan fingerprint density at radius 1 is 1.46 bits per heavy atom. The molecular formula is C10H15N3. The highest BCUT2D eigenvalue weighted by Gasteiger charge is 2.27. The second kappa shape index (κ2) is 3.83. The molecule has 0 aliphatic heterocycles. The average molecular weight is 177 g/mol. The Hall–Kier alpha value is -0.960. The summed E-state index contributed by atoms with van der Waals surface area (Å²) in [4.78, 5) is 8.31. The molecule has 1 saturated carbocycles. The smallest absolute Gasteiger partial charge is 0.141 e. The molecule has 1 unspecified atom stereocenters. The SMILES string of the molecule is CC(NCc1ncccn1)C1CC1. The zero-order valence-corrected chi connectivity index (χ0v) is 7.90. The summed E-state index contributed by atoms with van der Waals surface area (Å²) in [7, 11) is 0. The number of nitrogens with one attached hydrogen (secondary N) is 1. The van der Waals surface area contributed by atoms with Crippen molar-refractivity contribution in [2.24, 2.45) is 5.92 Å². The van der Waals surface area contributed by atoms with Crippen LogP contribution in [0.5, 0.6) is 0 Å². The minimum atomic E-state index is 0.615. The highest BCUT2D eigenvalue weighted by atomic mass is 15.0. The van der Waals surface area contributed by atoms with Crippen molar-refractivity contribution in [3.8, 4) is 0 Å². The Morgan fingerprint density at radius 2 is 2.15 bits per heavy atom. The Balaban J connectivity index is 1.78. The van der Waals surface area contributed by atoms with Gasteiger partial charge in [-0.3, -0.25) is 0 Å². The van der Waals surface area contributed by atoms with Crippen molar-refractivity contribution in [2.75, 3.05) is 0 Å². The first kappa shape index (κ1) is 8.63. The largest absolute Gasteiger partial charge is 0.307 e. The molecule has 1 N–H and O–H groups in total. The third-order valence-electron chi connectivity index (χ3n) is 2.53. The van der Waals surface area contributed by atoms with E-state index in [9.17, 15) is 0 Å². The summed E-state index contributed by atoms with van der Waals surface area (Å²) in [6.45, 7) is 3.03. The number of rotatable bonds is 4. The third-order valence-corrected chi connectivity index (χ3v) is 2.53. The van der Waals surface area contributed by atoms with Crippen LogP contribution < -0.4 is 5.32 Å². The van der Waals surface area contributed by atoms with Crippen molar-refractivity contribution in [3.63, 3.8) is 0 Å². The summed E-state index contributed by atoms with van der Waals surface area (Å²) in [6.07, 6.45) is 6.32. The first-order valence-electron chi connectivity index (χ1n) is 4.85. The van der Waals surface area contributed by atoms with Crippen LogP contribution in [0.15, 0.2) is 18.5 Å². The summed E-state index contributed by atoms with van der Waals surface area (Å²) in [5, 5.41) is 3.44. The molecule has 0 aromatic carbocycles. The number of hydrogen-bond acceptors (Lipinski definition) is 3. The Bertz CT molecular complexity index is 256. The molecule has 1 fully saturated rings. The van der Waals surface area contributed by atoms with E-state index >= 15 is 0 Å². The lowest BCUT2D eigenvalue weighted by Crippen LogP contribution is -2.27. The van der Waals surface area contributed by atoms with Crippen LogP contribution >= 0.6 is 0 Å². The lowest BCUT2D eigenvalue weighted by molar-refractivity contribution is 0.487. The average Bonchev–Trinajstić information content (AvgIpc) is 2.99. The second-order valence-electron chi connectivity index (χ2n) is 3.67. The van der Waals surface area contributed by atoms with Crippen molar-refractivity contribution in [1.82, 2.24) is 15.3 Å². The summed E-state index contributed by atoms with van der Waals surface area (Å²) in [5.74, 6) is 1.78. The van der Waals surface area contributed by atoms with Crippen molar-refractivity contribution >= 4 is 0 Å². The molecule has 3 heteroatoms. The lowest BCUT2D eigenvalue weighted by Gasteiger charge is -2.10. The number of hydrogen-bond donors (Lipinski definition) is 1. The van der Waals surface area contributed by atoms with Crippen LogP contribution in [0.25, 0.3) is 0 Å². The minimum Gasteiger partial charge on any atom is -0.307 e. The van der Waals surface area contributed by atoms with Crippen LogP contribution in [0.4, 0.5) is 0 Å². The van der Waals surface area contributed by atoms with Crippen LogP contribution in [0.1, 0.15) is 25.6 Å². The maximum Gasteiger partial charge on any atom is 0.141 e. The van der Waals surface area contributed by atoms with E-state index in [2.05, 4.69) is 22.2 Å². The van der Waals surface area contributed by atoms with Gasteiger partial charge in [0.25, 0.3) is 0 Å². The van der Waals surface area contributed by atoms with Crippen LogP contribution in [-0.4, -0.2) is 16.0 Å². The van der Waals surface area contributed by atoms with Gasteiger partial charge in [0, 0.05) is 18.4 Å². The van der Waals surface area contributed by atoms with Crippen LogP contribution in [0.3, 0.4) is 0 Å². The summed E-state index contributed by atoms with van der Waals surface area (Å²) in [5.41, 5.74) is 0. The molecule has 0 radical (unpaired) electrons. The van der Waals surface area contributed by atoms with Gasteiger partial charge in [-0.25, -0.2) is 9.97 Å². The molecule has 0 saturated heterocycles. The highest BCUT2D eigenvalue weighted by Crippen LogP contribution is 2.32. The molecule has 13 heavy (non-hydrogen) atoms. The topological polar surface area (TPSA) is 37.8 Å². The van der Waals surface area contributed by atoms with E-state index in [0.29, 0.717) is 6.04 Å². The van der Waals surface area contributed by atoms with Gasteiger partial charge in [-0.05, 0) is 31.7 Å². The van der Waals surface area contributed by atoms with Gasteiger partial charge in [0.1, 0.15) is 5.82 Å². The minimum absolute atomic E-state index is 0.615. The van der Waals surface area contributed by atoms with Crippen LogP contribution in [-0.2, 0) is 6.54 Å². The van der Waals surface area contributed by atoms with Gasteiger partial charge in [0.15, 0.2) is 0 Å². The zero-order valence-electron chi connectivity index (χ0n) is 7.90. The number of nitrogens with zero attached hydrogens (tertiary/aromatic N) is 2. The Labute approximate surface area is 78.6 Å². The summed E-state index contributed by atoms with van der Waals surface area (Å²) in [6, 6.07) is 2.46. The predicted octanol–water partition coefficient (Wildman–Crippen LogP) is 1.36. The van der Waals surface area contributed by atoms with Gasteiger partial charge < -0.3 is 5.32 Å². The maximum atomic E-state index is 4.16. The molecule has 1 aliphatic carbocycles. The molecule has 0 amide bonds. The normalized spacial score (nSPS) is 18.5. The molecule has 1 aliphatic rings. The molecule has 2 rings (SSSR count). The predicted molar refractivity (Wildman–Crippen MR) is 51.1 cm³/mol. The molecule has 0 spiro atoms. The van der Waals surface area contributed by atoms with Crippen LogP contribution in [0, 0.1) is 5.92 Å². The van der Waals surface area contributed by atoms with Gasteiger partial charge in [0.05, 0.1) is 6.54 Å². The van der Waals surface area contributed by atoms with Gasteiger partial charge in [0.2, 0.25) is 0 Å². The molecule has 0 bridgehead atoms. The van der Waals surface area contributed by atoms with Crippen molar-refractivity contribution in [1.29, 1.82) is 0 Å². The van der Waals surface area contributed by atoms with E-state index in [4.69, 9.17) is 0 Å². The molecule has 70 valence electrons. The molecule has 1 aromatic heterocycles. The van der Waals surface area contributed by atoms with Gasteiger partial charge >= 0.3 is 0 Å². The van der Waals surface area contributed by atoms with E-state index < -0.39 is 0 Å². The van der Waals surface area contributed by atoms with Crippen molar-refractivity contribution in [3.05, 3.63) is 24.3 Å². The summed E-state index contributed by atoms with van der Waals surface area (Å²) < 4.78 is 0. The van der Waals surface area contributed by atoms with Gasteiger partial charge in [-0.1, -0.05) is 0 Å². The van der Waals surface area contributed by atoms with E-state index in [1.54, 1.807) is 12.4 Å². The molecule has 1 heterocycles. The van der Waals surface area contributed by atoms with Crippen molar-refractivity contribution < 1.29 is 0 Å². The van der Waals surface area contributed by atoms with Gasteiger partial charge in [-0.2, -0.15) is 0 Å². The zero-order chi connectivity index (χ0) is 9.10. The number of aromatic nitrogens is 2. The summed E-state index contributed by atoms with van der Waals surface area (Å²) >= 11 is 0. The Morgan fingerprint density at radius 3 is 2.77 bits per heavy atom. The monoisotopic (exact) mass is 177 g/mol. The molecule has 1 atom stereocenters. The van der Waals surface area contributed by atoms with Crippen molar-refractivity contribution in [2.45, 2.75) is 32.4 Å². The quantitative estimate of drug-likeness (QED) is 0.754. The van der Waals surface area contributed by atoms with E-state index in [0.717, 1.165) is 18.3 Å². The van der Waals surface area contributed by atoms with Crippen LogP contribution in [0.2, 0.25) is 0 Å². The Kier molecular flexibility index (Phi) is 2.54. The third kappa shape index (κ3) is 2.49. The van der Waals surface area contributed by atoms with E-state index in [1.165, 1.54) is 12.8 Å². The fourth-order valence-corrected chi connectivity index (χ4v) is 1.44. The first-order valence-corrected chi connectivity index (χ1v) is 4.85. The molecule has 1 aromatic rings. The first-order chi connectivity index (χ1) is 6.36. The molecular weight excluding hydrogens is 162 g/mol. The lowest BCUT2D eigenvalue weighted by atomic mass is 10.2. The standard InChI is InChI=1S/C10H15N3/c1-8(9-3-4-9)13-7-10-11-5-2-6-12-10/h2,5-6,8-9,13H,3-4,7H2,1H3. The maximum absolute atomic E-state index is 4.16. The second-order valence-corrected chi connectivity index (χ2v) is 3.67. The fraction of sp³-hybridized carbons (Fsp3) is 0.600. The van der Waals surface area contributed by atoms with Gasteiger partial charge in [-0.15, -0.1) is 0 Å². The van der Waals surface area contributed by atoms with E-state index in [-0.39, 0.29) is 0 Å². The molecule has 3 nitrogen and oxygen atoms in total. The van der Waals surface area contributed by atoms with E-state index in [1.807, 2.05) is 6.07 Å². The fourth-order valence-electron chi connectivity index (χ4n) is 1.44. The highest BCUT2D eigenvalue weighted by molar-refractivity contribution is 4.90.